The Bertz CT molecular complexity index is 832. The van der Waals surface area contributed by atoms with Gasteiger partial charge in [0.25, 0.3) is 5.91 Å². The molecular weight excluding hydrogens is 378 g/mol. The molecule has 0 unspecified atom stereocenters. The predicted octanol–water partition coefficient (Wildman–Crippen LogP) is 3.34. The van der Waals surface area contributed by atoms with Crippen LogP contribution in [0.5, 0.6) is 11.5 Å². The Hall–Kier alpha value is -2.73. The molecule has 0 atom stereocenters. The van der Waals surface area contributed by atoms with Crippen LogP contribution < -0.4 is 19.7 Å². The summed E-state index contributed by atoms with van der Waals surface area (Å²) in [7, 11) is 0. The Kier molecular flexibility index (Phi) is 7.97. The number of hydrogen-bond donors (Lipinski definition) is 1. The van der Waals surface area contributed by atoms with Crippen molar-refractivity contribution in [3.63, 3.8) is 0 Å². The maximum absolute atomic E-state index is 12.5. The minimum Gasteiger partial charge on any atom is -0.490 e. The zero-order chi connectivity index (χ0) is 21.3. The second kappa shape index (κ2) is 10.9. The van der Waals surface area contributed by atoms with E-state index in [4.69, 9.17) is 9.47 Å². The van der Waals surface area contributed by atoms with Crippen molar-refractivity contribution >= 4 is 11.6 Å². The molecule has 2 aromatic rings. The predicted molar refractivity (Wildman–Crippen MR) is 121 cm³/mol. The van der Waals surface area contributed by atoms with E-state index in [0.717, 1.165) is 32.7 Å². The molecular formula is C24H33N3O3. The van der Waals surface area contributed by atoms with Crippen molar-refractivity contribution in [1.29, 1.82) is 0 Å². The van der Waals surface area contributed by atoms with E-state index in [1.165, 1.54) is 11.3 Å². The third-order valence-electron chi connectivity index (χ3n) is 5.26. The van der Waals surface area contributed by atoms with Crippen molar-refractivity contribution in [1.82, 2.24) is 10.2 Å². The molecule has 1 N–H and O–H groups in total. The van der Waals surface area contributed by atoms with E-state index in [1.807, 2.05) is 13.8 Å². The number of hydrogen-bond acceptors (Lipinski definition) is 5. The number of rotatable bonds is 9. The Balaban J connectivity index is 1.45. The smallest absolute Gasteiger partial charge is 0.251 e. The molecule has 1 amide bonds. The quantitative estimate of drug-likeness (QED) is 0.686. The second-order valence-corrected chi connectivity index (χ2v) is 7.45. The summed E-state index contributed by atoms with van der Waals surface area (Å²) in [5.41, 5.74) is 3.18. The summed E-state index contributed by atoms with van der Waals surface area (Å²) < 4.78 is 11.2. The molecule has 1 aliphatic heterocycles. The lowest BCUT2D eigenvalue weighted by atomic mass is 10.2. The molecule has 0 aromatic heterocycles. The summed E-state index contributed by atoms with van der Waals surface area (Å²) in [6.45, 7) is 12.6. The van der Waals surface area contributed by atoms with E-state index >= 15 is 0 Å². The fraction of sp³-hybridized carbons (Fsp3) is 0.458. The van der Waals surface area contributed by atoms with Crippen LogP contribution >= 0.6 is 0 Å². The number of ether oxygens (including phenoxy) is 2. The fourth-order valence-electron chi connectivity index (χ4n) is 3.68. The van der Waals surface area contributed by atoms with Gasteiger partial charge in [-0.25, -0.2) is 0 Å². The molecule has 162 valence electrons. The molecule has 0 saturated carbocycles. The van der Waals surface area contributed by atoms with Crippen molar-refractivity contribution in [3.05, 3.63) is 53.6 Å². The van der Waals surface area contributed by atoms with E-state index in [0.29, 0.717) is 36.8 Å². The van der Waals surface area contributed by atoms with Crippen molar-refractivity contribution in [2.24, 2.45) is 0 Å². The standard InChI is InChI=1S/C24H33N3O3/c1-4-29-22-10-9-20(18-23(22)30-5-2)24(28)25-11-12-26-13-15-27(16-14-26)21-8-6-7-19(3)17-21/h6-10,17-18H,4-5,11-16H2,1-3H3,(H,25,28). The topological polar surface area (TPSA) is 54.0 Å². The van der Waals surface area contributed by atoms with Crippen LogP contribution in [0.3, 0.4) is 0 Å². The number of carbonyl (C=O) groups excluding carboxylic acids is 1. The van der Waals surface area contributed by atoms with E-state index in [9.17, 15) is 4.79 Å². The molecule has 0 spiro atoms. The van der Waals surface area contributed by atoms with Crippen molar-refractivity contribution in [2.45, 2.75) is 20.8 Å². The van der Waals surface area contributed by atoms with E-state index in [1.54, 1.807) is 18.2 Å². The third-order valence-corrected chi connectivity index (χ3v) is 5.26. The molecule has 3 rings (SSSR count). The van der Waals surface area contributed by atoms with Gasteiger partial charge in [0.2, 0.25) is 0 Å². The minimum atomic E-state index is -0.0857. The highest BCUT2D eigenvalue weighted by atomic mass is 16.5. The van der Waals surface area contributed by atoms with E-state index in [2.05, 4.69) is 46.3 Å². The lowest BCUT2D eigenvalue weighted by Crippen LogP contribution is -2.48. The number of anilines is 1. The Morgan fingerprint density at radius 3 is 2.40 bits per heavy atom. The highest BCUT2D eigenvalue weighted by molar-refractivity contribution is 5.94. The number of nitrogens with zero attached hydrogens (tertiary/aromatic N) is 2. The van der Waals surface area contributed by atoms with Crippen LogP contribution in [0, 0.1) is 6.92 Å². The average molecular weight is 412 g/mol. The Morgan fingerprint density at radius 1 is 0.967 bits per heavy atom. The van der Waals surface area contributed by atoms with Gasteiger partial charge in [0.1, 0.15) is 0 Å². The van der Waals surface area contributed by atoms with Gasteiger partial charge < -0.3 is 19.7 Å². The summed E-state index contributed by atoms with van der Waals surface area (Å²) in [6, 6.07) is 14.0. The fourth-order valence-corrected chi connectivity index (χ4v) is 3.68. The van der Waals surface area contributed by atoms with Crippen LogP contribution in [-0.4, -0.2) is 63.3 Å². The Labute approximate surface area is 179 Å². The molecule has 2 aromatic carbocycles. The largest absolute Gasteiger partial charge is 0.490 e. The first kappa shape index (κ1) is 22.0. The van der Waals surface area contributed by atoms with Gasteiger partial charge in [-0.1, -0.05) is 12.1 Å². The molecule has 1 aliphatic rings. The molecule has 6 nitrogen and oxygen atoms in total. The molecule has 30 heavy (non-hydrogen) atoms. The lowest BCUT2D eigenvalue weighted by molar-refractivity contribution is 0.0947. The minimum absolute atomic E-state index is 0.0857. The first-order valence-corrected chi connectivity index (χ1v) is 10.8. The van der Waals surface area contributed by atoms with Gasteiger partial charge in [-0.2, -0.15) is 0 Å². The third kappa shape index (κ3) is 5.89. The van der Waals surface area contributed by atoms with Gasteiger partial charge in [0.15, 0.2) is 11.5 Å². The van der Waals surface area contributed by atoms with Crippen LogP contribution in [0.4, 0.5) is 5.69 Å². The zero-order valence-electron chi connectivity index (χ0n) is 18.3. The molecule has 6 heteroatoms. The van der Waals surface area contributed by atoms with Crippen LogP contribution in [0.15, 0.2) is 42.5 Å². The first-order valence-electron chi connectivity index (χ1n) is 10.8. The highest BCUT2D eigenvalue weighted by Gasteiger charge is 2.17. The van der Waals surface area contributed by atoms with Crippen LogP contribution in [0.1, 0.15) is 29.8 Å². The van der Waals surface area contributed by atoms with Crippen LogP contribution in [0.2, 0.25) is 0 Å². The second-order valence-electron chi connectivity index (χ2n) is 7.45. The van der Waals surface area contributed by atoms with Crippen LogP contribution in [0.25, 0.3) is 0 Å². The molecule has 0 bridgehead atoms. The summed E-state index contributed by atoms with van der Waals surface area (Å²) >= 11 is 0. The van der Waals surface area contributed by atoms with Gasteiger partial charge in [0, 0.05) is 50.5 Å². The van der Waals surface area contributed by atoms with Gasteiger partial charge >= 0.3 is 0 Å². The zero-order valence-corrected chi connectivity index (χ0v) is 18.3. The monoisotopic (exact) mass is 411 g/mol. The maximum Gasteiger partial charge on any atom is 0.251 e. The van der Waals surface area contributed by atoms with Crippen LogP contribution in [-0.2, 0) is 0 Å². The van der Waals surface area contributed by atoms with Gasteiger partial charge in [-0.15, -0.1) is 0 Å². The number of aryl methyl sites for hydroxylation is 1. The SMILES string of the molecule is CCOc1ccc(C(=O)NCCN2CCN(c3cccc(C)c3)CC2)cc1OCC. The van der Waals surface area contributed by atoms with Gasteiger partial charge in [-0.05, 0) is 56.7 Å². The maximum atomic E-state index is 12.5. The van der Waals surface area contributed by atoms with Gasteiger partial charge in [0.05, 0.1) is 13.2 Å². The normalized spacial score (nSPS) is 14.4. The molecule has 1 fully saturated rings. The lowest BCUT2D eigenvalue weighted by Gasteiger charge is -2.36. The van der Waals surface area contributed by atoms with E-state index < -0.39 is 0 Å². The van der Waals surface area contributed by atoms with Crippen molar-refractivity contribution in [2.75, 3.05) is 57.4 Å². The number of nitrogens with one attached hydrogen (secondary N) is 1. The number of piperazine rings is 1. The summed E-state index contributed by atoms with van der Waals surface area (Å²) in [5.74, 6) is 1.19. The Morgan fingerprint density at radius 2 is 1.70 bits per heavy atom. The van der Waals surface area contributed by atoms with Crippen molar-refractivity contribution < 1.29 is 14.3 Å². The van der Waals surface area contributed by atoms with Crippen molar-refractivity contribution in [3.8, 4) is 11.5 Å². The first-order chi connectivity index (χ1) is 14.6. The number of carbonyl (C=O) groups is 1. The summed E-state index contributed by atoms with van der Waals surface area (Å²) in [4.78, 5) is 17.4. The van der Waals surface area contributed by atoms with E-state index in [-0.39, 0.29) is 5.91 Å². The molecule has 1 saturated heterocycles. The van der Waals surface area contributed by atoms with Gasteiger partial charge in [-0.3, -0.25) is 9.69 Å². The molecule has 0 radical (unpaired) electrons. The summed E-state index contributed by atoms with van der Waals surface area (Å²) in [5, 5.41) is 3.03. The average Bonchev–Trinajstić information content (AvgIpc) is 2.76. The molecule has 0 aliphatic carbocycles. The number of amides is 1. The molecule has 1 heterocycles. The summed E-state index contributed by atoms with van der Waals surface area (Å²) in [6.07, 6.45) is 0. The highest BCUT2D eigenvalue weighted by Crippen LogP contribution is 2.28. The number of benzene rings is 2.